The Bertz CT molecular complexity index is 339. The number of hydrogen-bond acceptors (Lipinski definition) is 3. The van der Waals surface area contributed by atoms with Crippen LogP contribution in [-0.2, 0) is 6.54 Å². The van der Waals surface area contributed by atoms with Crippen LogP contribution in [0.4, 0.5) is 0 Å². The summed E-state index contributed by atoms with van der Waals surface area (Å²) in [6.07, 6.45) is 10.4. The molecule has 0 saturated heterocycles. The van der Waals surface area contributed by atoms with E-state index in [2.05, 4.69) is 29.1 Å². The van der Waals surface area contributed by atoms with E-state index in [-0.39, 0.29) is 0 Å². The van der Waals surface area contributed by atoms with Gasteiger partial charge in [-0.3, -0.25) is 9.88 Å². The van der Waals surface area contributed by atoms with Crippen molar-refractivity contribution in [2.24, 2.45) is 11.7 Å². The van der Waals surface area contributed by atoms with Gasteiger partial charge in [0.25, 0.3) is 0 Å². The largest absolute Gasteiger partial charge is 0.330 e. The van der Waals surface area contributed by atoms with E-state index >= 15 is 0 Å². The van der Waals surface area contributed by atoms with Crippen LogP contribution < -0.4 is 5.73 Å². The zero-order chi connectivity index (χ0) is 12.8. The molecule has 0 bridgehead atoms. The van der Waals surface area contributed by atoms with Gasteiger partial charge in [-0.25, -0.2) is 0 Å². The highest BCUT2D eigenvalue weighted by Gasteiger charge is 2.25. The highest BCUT2D eigenvalue weighted by Crippen LogP contribution is 2.27. The molecular formula is C15H25N3. The first-order chi connectivity index (χ1) is 8.81. The van der Waals surface area contributed by atoms with Crippen LogP contribution >= 0.6 is 0 Å². The summed E-state index contributed by atoms with van der Waals surface area (Å²) < 4.78 is 0. The van der Waals surface area contributed by atoms with Crippen molar-refractivity contribution in [3.05, 3.63) is 30.1 Å². The number of nitrogens with zero attached hydrogens (tertiary/aromatic N) is 2. The van der Waals surface area contributed by atoms with Crippen molar-refractivity contribution in [2.75, 3.05) is 13.6 Å². The summed E-state index contributed by atoms with van der Waals surface area (Å²) in [7, 11) is 2.24. The van der Waals surface area contributed by atoms with Crippen LogP contribution in [0.2, 0.25) is 0 Å². The zero-order valence-electron chi connectivity index (χ0n) is 11.4. The molecule has 0 spiro atoms. The molecule has 1 saturated carbocycles. The molecule has 1 aromatic rings. The van der Waals surface area contributed by atoms with Gasteiger partial charge in [0.05, 0.1) is 0 Å². The number of hydrogen-bond donors (Lipinski definition) is 1. The van der Waals surface area contributed by atoms with Crippen molar-refractivity contribution >= 4 is 0 Å². The standard InChI is InChI=1S/C15H25N3/c1-18(12-13-7-9-17-10-8-13)15-6-4-2-3-5-14(15)11-16/h7-10,14-15H,2-6,11-12,16H2,1H3. The average molecular weight is 247 g/mol. The van der Waals surface area contributed by atoms with Gasteiger partial charge in [0, 0.05) is 25.0 Å². The van der Waals surface area contributed by atoms with E-state index in [1.54, 1.807) is 0 Å². The van der Waals surface area contributed by atoms with E-state index < -0.39 is 0 Å². The van der Waals surface area contributed by atoms with Gasteiger partial charge >= 0.3 is 0 Å². The van der Waals surface area contributed by atoms with Gasteiger partial charge in [-0.2, -0.15) is 0 Å². The molecule has 100 valence electrons. The Labute approximate surface area is 110 Å². The summed E-state index contributed by atoms with van der Waals surface area (Å²) in [6, 6.07) is 4.85. The summed E-state index contributed by atoms with van der Waals surface area (Å²) >= 11 is 0. The number of pyridine rings is 1. The highest BCUT2D eigenvalue weighted by molar-refractivity contribution is 5.09. The third-order valence-corrected chi connectivity index (χ3v) is 4.17. The molecule has 2 N–H and O–H groups in total. The molecule has 2 atom stereocenters. The van der Waals surface area contributed by atoms with E-state index in [1.165, 1.54) is 37.7 Å². The minimum absolute atomic E-state index is 0.644. The van der Waals surface area contributed by atoms with Crippen LogP contribution in [0.15, 0.2) is 24.5 Å². The van der Waals surface area contributed by atoms with Crippen molar-refractivity contribution in [3.8, 4) is 0 Å². The van der Waals surface area contributed by atoms with E-state index in [0.717, 1.165) is 13.1 Å². The third-order valence-electron chi connectivity index (χ3n) is 4.17. The van der Waals surface area contributed by atoms with E-state index in [9.17, 15) is 0 Å². The number of nitrogens with two attached hydrogens (primary N) is 1. The van der Waals surface area contributed by atoms with Crippen molar-refractivity contribution in [2.45, 2.75) is 44.7 Å². The molecular weight excluding hydrogens is 222 g/mol. The summed E-state index contributed by atoms with van der Waals surface area (Å²) in [6.45, 7) is 1.83. The van der Waals surface area contributed by atoms with Gasteiger partial charge in [-0.05, 0) is 50.0 Å². The molecule has 0 aromatic carbocycles. The lowest BCUT2D eigenvalue weighted by Crippen LogP contribution is -2.40. The van der Waals surface area contributed by atoms with Crippen LogP contribution in [0.5, 0.6) is 0 Å². The fraction of sp³-hybridized carbons (Fsp3) is 0.667. The summed E-state index contributed by atoms with van der Waals surface area (Å²) in [5, 5.41) is 0. The molecule has 0 radical (unpaired) electrons. The number of aromatic nitrogens is 1. The first-order valence-corrected chi connectivity index (χ1v) is 7.10. The number of rotatable bonds is 4. The molecule has 1 aromatic heterocycles. The first kappa shape index (κ1) is 13.5. The molecule has 3 nitrogen and oxygen atoms in total. The molecule has 18 heavy (non-hydrogen) atoms. The minimum Gasteiger partial charge on any atom is -0.330 e. The maximum absolute atomic E-state index is 5.96. The van der Waals surface area contributed by atoms with Crippen molar-refractivity contribution < 1.29 is 0 Å². The molecule has 1 heterocycles. The van der Waals surface area contributed by atoms with Crippen LogP contribution in [-0.4, -0.2) is 29.5 Å². The molecule has 0 amide bonds. The lowest BCUT2D eigenvalue weighted by atomic mass is 9.93. The first-order valence-electron chi connectivity index (χ1n) is 7.10. The second-order valence-electron chi connectivity index (χ2n) is 5.47. The van der Waals surface area contributed by atoms with Crippen LogP contribution in [0.3, 0.4) is 0 Å². The Morgan fingerprint density at radius 3 is 2.67 bits per heavy atom. The van der Waals surface area contributed by atoms with E-state index in [1.807, 2.05) is 12.4 Å². The Hall–Kier alpha value is -0.930. The summed E-state index contributed by atoms with van der Waals surface area (Å²) in [4.78, 5) is 6.56. The maximum atomic E-state index is 5.96. The van der Waals surface area contributed by atoms with Crippen LogP contribution in [0, 0.1) is 5.92 Å². The molecule has 1 aliphatic rings. The Morgan fingerprint density at radius 1 is 1.22 bits per heavy atom. The molecule has 1 aliphatic carbocycles. The zero-order valence-corrected chi connectivity index (χ0v) is 11.4. The predicted molar refractivity (Wildman–Crippen MR) is 75.1 cm³/mol. The molecule has 0 aliphatic heterocycles. The van der Waals surface area contributed by atoms with Gasteiger partial charge in [0.1, 0.15) is 0 Å². The molecule has 2 unspecified atom stereocenters. The van der Waals surface area contributed by atoms with Crippen LogP contribution in [0.1, 0.15) is 37.7 Å². The second kappa shape index (κ2) is 6.86. The van der Waals surface area contributed by atoms with Gasteiger partial charge in [0.2, 0.25) is 0 Å². The monoisotopic (exact) mass is 247 g/mol. The van der Waals surface area contributed by atoms with E-state index in [4.69, 9.17) is 5.73 Å². The van der Waals surface area contributed by atoms with Crippen molar-refractivity contribution in [1.29, 1.82) is 0 Å². The Kier molecular flexibility index (Phi) is 5.14. The van der Waals surface area contributed by atoms with Crippen molar-refractivity contribution in [3.63, 3.8) is 0 Å². The SMILES string of the molecule is CN(Cc1ccncc1)C1CCCCCC1CN. The lowest BCUT2D eigenvalue weighted by molar-refractivity contribution is 0.161. The van der Waals surface area contributed by atoms with Crippen LogP contribution in [0.25, 0.3) is 0 Å². The summed E-state index contributed by atoms with van der Waals surface area (Å²) in [5.41, 5.74) is 7.30. The smallest absolute Gasteiger partial charge is 0.0271 e. The Morgan fingerprint density at radius 2 is 1.94 bits per heavy atom. The van der Waals surface area contributed by atoms with Gasteiger partial charge in [-0.15, -0.1) is 0 Å². The van der Waals surface area contributed by atoms with E-state index in [0.29, 0.717) is 12.0 Å². The Balaban J connectivity index is 1.99. The molecule has 1 fully saturated rings. The third kappa shape index (κ3) is 3.53. The normalized spacial score (nSPS) is 25.1. The lowest BCUT2D eigenvalue weighted by Gasteiger charge is -2.33. The summed E-state index contributed by atoms with van der Waals surface area (Å²) in [5.74, 6) is 0.666. The van der Waals surface area contributed by atoms with Gasteiger partial charge in [-0.1, -0.05) is 19.3 Å². The van der Waals surface area contributed by atoms with Gasteiger partial charge < -0.3 is 5.73 Å². The minimum atomic E-state index is 0.644. The maximum Gasteiger partial charge on any atom is 0.0271 e. The topological polar surface area (TPSA) is 42.2 Å². The van der Waals surface area contributed by atoms with Crippen molar-refractivity contribution in [1.82, 2.24) is 9.88 Å². The second-order valence-corrected chi connectivity index (χ2v) is 5.47. The quantitative estimate of drug-likeness (QED) is 0.831. The fourth-order valence-corrected chi connectivity index (χ4v) is 3.11. The molecule has 3 heteroatoms. The predicted octanol–water partition coefficient (Wildman–Crippen LogP) is 2.42. The van der Waals surface area contributed by atoms with Gasteiger partial charge in [0.15, 0.2) is 0 Å². The molecule has 2 rings (SSSR count). The highest BCUT2D eigenvalue weighted by atomic mass is 15.1. The average Bonchev–Trinajstić information content (AvgIpc) is 2.64. The fourth-order valence-electron chi connectivity index (χ4n) is 3.11.